The molecule has 3 aliphatic heterocycles. The number of ether oxygens (including phenoxy) is 2. The van der Waals surface area contributed by atoms with Crippen LogP contribution in [0.3, 0.4) is 0 Å². The molecule has 1 spiro atoms. The van der Waals surface area contributed by atoms with Gasteiger partial charge in [0.1, 0.15) is 0 Å². The summed E-state index contributed by atoms with van der Waals surface area (Å²) in [4.78, 5) is 11.6. The molecule has 0 unspecified atom stereocenters. The van der Waals surface area contributed by atoms with Crippen LogP contribution < -0.4 is 0 Å². The molecule has 3 aliphatic rings. The van der Waals surface area contributed by atoms with Gasteiger partial charge in [0.15, 0.2) is 0 Å². The first-order valence-corrected chi connectivity index (χ1v) is 7.78. The molecule has 4 atom stereocenters. The summed E-state index contributed by atoms with van der Waals surface area (Å²) >= 11 is 0. The van der Waals surface area contributed by atoms with Gasteiger partial charge in [0, 0.05) is 36.7 Å². The van der Waals surface area contributed by atoms with Crippen molar-refractivity contribution in [1.29, 1.82) is 0 Å². The Balaban J connectivity index is 1.77. The first-order valence-electron chi connectivity index (χ1n) is 7.78. The zero-order valence-corrected chi connectivity index (χ0v) is 11.9. The molecule has 2 saturated heterocycles. The predicted octanol–water partition coefficient (Wildman–Crippen LogP) is 2.82. The highest BCUT2D eigenvalue weighted by Crippen LogP contribution is 2.54. The highest BCUT2D eigenvalue weighted by atomic mass is 16.7. The molecule has 0 N–H and O–H groups in total. The number of rotatable bonds is 1. The highest BCUT2D eigenvalue weighted by molar-refractivity contribution is 5.72. The minimum atomic E-state index is -0.645. The fourth-order valence-corrected chi connectivity index (χ4v) is 4.46. The third-order valence-corrected chi connectivity index (χ3v) is 5.25. The average molecular weight is 275 g/mol. The minimum Gasteiger partial charge on any atom is -0.433 e. The van der Waals surface area contributed by atoms with Gasteiger partial charge in [0.2, 0.25) is 5.79 Å². The Morgan fingerprint density at radius 1 is 1.50 bits per heavy atom. The van der Waals surface area contributed by atoms with Crippen LogP contribution in [0.15, 0.2) is 18.3 Å². The second-order valence-corrected chi connectivity index (χ2v) is 6.25. The highest BCUT2D eigenvalue weighted by Gasteiger charge is 2.59. The van der Waals surface area contributed by atoms with Crippen LogP contribution in [0.25, 0.3) is 0 Å². The number of hydrogen-bond donors (Lipinski definition) is 0. The van der Waals surface area contributed by atoms with Crippen LogP contribution in [0.5, 0.6) is 0 Å². The van der Waals surface area contributed by atoms with E-state index in [1.807, 2.05) is 0 Å². The van der Waals surface area contributed by atoms with Crippen molar-refractivity contribution in [2.24, 2.45) is 5.92 Å². The van der Waals surface area contributed by atoms with E-state index in [2.05, 4.69) is 29.8 Å². The van der Waals surface area contributed by atoms with E-state index < -0.39 is 5.79 Å². The Hall–Kier alpha value is -1.29. The number of esters is 1. The van der Waals surface area contributed by atoms with E-state index in [4.69, 9.17) is 9.47 Å². The smallest absolute Gasteiger partial charge is 0.308 e. The second-order valence-electron chi connectivity index (χ2n) is 6.25. The van der Waals surface area contributed by atoms with E-state index in [1.165, 1.54) is 5.69 Å². The molecule has 20 heavy (non-hydrogen) atoms. The van der Waals surface area contributed by atoms with Crippen molar-refractivity contribution in [3.8, 4) is 0 Å². The second kappa shape index (κ2) is 4.35. The van der Waals surface area contributed by atoms with Gasteiger partial charge in [-0.3, -0.25) is 4.79 Å². The van der Waals surface area contributed by atoms with Gasteiger partial charge >= 0.3 is 5.97 Å². The molecule has 1 aromatic rings. The zero-order valence-electron chi connectivity index (χ0n) is 11.9. The van der Waals surface area contributed by atoms with Gasteiger partial charge in [-0.1, -0.05) is 6.92 Å². The Kier molecular flexibility index (Phi) is 2.71. The number of carbonyl (C=O) groups excluding carboxylic acids is 1. The first kappa shape index (κ1) is 12.5. The van der Waals surface area contributed by atoms with E-state index in [9.17, 15) is 4.79 Å². The van der Waals surface area contributed by atoms with Crippen molar-refractivity contribution in [2.75, 3.05) is 0 Å². The lowest BCUT2D eigenvalue weighted by molar-refractivity contribution is -0.219. The van der Waals surface area contributed by atoms with E-state index in [0.717, 1.165) is 32.2 Å². The summed E-state index contributed by atoms with van der Waals surface area (Å²) in [6, 6.07) is 4.33. The van der Waals surface area contributed by atoms with Gasteiger partial charge in [-0.15, -0.1) is 0 Å². The van der Waals surface area contributed by atoms with Crippen LogP contribution in [0.2, 0.25) is 0 Å². The lowest BCUT2D eigenvalue weighted by Crippen LogP contribution is -2.36. The topological polar surface area (TPSA) is 40.5 Å². The average Bonchev–Trinajstić information content (AvgIpc) is 3.07. The molecular weight excluding hydrogens is 254 g/mol. The molecular formula is C16H21NO3. The van der Waals surface area contributed by atoms with Gasteiger partial charge < -0.3 is 14.0 Å². The number of aryl methyl sites for hydroxylation is 1. The van der Waals surface area contributed by atoms with Crippen LogP contribution >= 0.6 is 0 Å². The SMILES string of the molecule is CC[C@H]1[C@@H]2c3cccn3CCC[C@H]2O[C@]12CCC(=O)O2. The Morgan fingerprint density at radius 3 is 3.15 bits per heavy atom. The number of carbonyl (C=O) groups is 1. The lowest BCUT2D eigenvalue weighted by atomic mass is 9.80. The van der Waals surface area contributed by atoms with Crippen molar-refractivity contribution < 1.29 is 14.3 Å². The molecule has 0 radical (unpaired) electrons. The Labute approximate surface area is 119 Å². The van der Waals surface area contributed by atoms with Crippen molar-refractivity contribution >= 4 is 5.97 Å². The molecule has 0 bridgehead atoms. The van der Waals surface area contributed by atoms with E-state index >= 15 is 0 Å². The summed E-state index contributed by atoms with van der Waals surface area (Å²) < 4.78 is 14.4. The molecule has 108 valence electrons. The predicted molar refractivity (Wildman–Crippen MR) is 73.1 cm³/mol. The number of aromatic nitrogens is 1. The zero-order chi connectivity index (χ0) is 13.7. The van der Waals surface area contributed by atoms with Crippen LogP contribution in [-0.4, -0.2) is 22.4 Å². The monoisotopic (exact) mass is 275 g/mol. The van der Waals surface area contributed by atoms with Gasteiger partial charge in [0.25, 0.3) is 0 Å². The number of nitrogens with zero attached hydrogens (tertiary/aromatic N) is 1. The van der Waals surface area contributed by atoms with Crippen LogP contribution in [0.1, 0.15) is 50.6 Å². The molecule has 4 rings (SSSR count). The van der Waals surface area contributed by atoms with Crippen molar-refractivity contribution in [2.45, 2.75) is 63.4 Å². The van der Waals surface area contributed by atoms with Gasteiger partial charge in [-0.05, 0) is 31.4 Å². The van der Waals surface area contributed by atoms with E-state index in [-0.39, 0.29) is 18.0 Å². The molecule has 0 saturated carbocycles. The summed E-state index contributed by atoms with van der Waals surface area (Å²) in [5.41, 5.74) is 1.36. The van der Waals surface area contributed by atoms with Crippen molar-refractivity contribution in [3.05, 3.63) is 24.0 Å². The Morgan fingerprint density at radius 2 is 2.40 bits per heavy atom. The third-order valence-electron chi connectivity index (χ3n) is 5.25. The Bertz CT molecular complexity index is 538. The van der Waals surface area contributed by atoms with Gasteiger partial charge in [-0.25, -0.2) is 0 Å². The third kappa shape index (κ3) is 1.60. The van der Waals surface area contributed by atoms with Crippen LogP contribution in [0.4, 0.5) is 0 Å². The molecule has 0 amide bonds. The maximum Gasteiger partial charge on any atom is 0.308 e. The van der Waals surface area contributed by atoms with Crippen molar-refractivity contribution in [3.63, 3.8) is 0 Å². The first-order chi connectivity index (χ1) is 9.73. The molecule has 0 aliphatic carbocycles. The maximum absolute atomic E-state index is 11.6. The fraction of sp³-hybridized carbons (Fsp3) is 0.688. The standard InChI is InChI=1S/C16H21NO3/c1-2-11-15-12-5-3-9-17(12)10-4-6-13(15)19-16(11)8-7-14(18)20-16/h3,5,9,11,13,15H,2,4,6-8,10H2,1H3/t11-,13+,15+,16-/m0/s1. The molecule has 1 aromatic heterocycles. The minimum absolute atomic E-state index is 0.102. The van der Waals surface area contributed by atoms with Gasteiger partial charge in [0.05, 0.1) is 12.5 Å². The number of hydrogen-bond acceptors (Lipinski definition) is 3. The summed E-state index contributed by atoms with van der Waals surface area (Å²) in [5.74, 6) is -0.0995. The van der Waals surface area contributed by atoms with Crippen LogP contribution in [-0.2, 0) is 20.8 Å². The largest absolute Gasteiger partial charge is 0.433 e. The molecule has 4 nitrogen and oxygen atoms in total. The molecule has 2 fully saturated rings. The molecule has 4 heteroatoms. The normalized spacial score (nSPS) is 39.5. The quantitative estimate of drug-likeness (QED) is 0.740. The summed E-state index contributed by atoms with van der Waals surface area (Å²) in [6.07, 6.45) is 6.75. The van der Waals surface area contributed by atoms with Crippen LogP contribution in [0, 0.1) is 5.92 Å². The van der Waals surface area contributed by atoms with E-state index in [0.29, 0.717) is 12.3 Å². The summed E-state index contributed by atoms with van der Waals surface area (Å²) in [5, 5.41) is 0. The number of fused-ring (bicyclic) bond motifs is 3. The summed E-state index contributed by atoms with van der Waals surface area (Å²) in [6.45, 7) is 3.25. The maximum atomic E-state index is 11.6. The van der Waals surface area contributed by atoms with Crippen molar-refractivity contribution in [1.82, 2.24) is 4.57 Å². The molecule has 0 aromatic carbocycles. The molecule has 4 heterocycles. The summed E-state index contributed by atoms with van der Waals surface area (Å²) in [7, 11) is 0. The lowest BCUT2D eigenvalue weighted by Gasteiger charge is -2.29. The van der Waals surface area contributed by atoms with E-state index in [1.54, 1.807) is 0 Å². The fourth-order valence-electron chi connectivity index (χ4n) is 4.46. The van der Waals surface area contributed by atoms with Gasteiger partial charge in [-0.2, -0.15) is 0 Å².